The lowest BCUT2D eigenvalue weighted by Crippen LogP contribution is -2.48. The van der Waals surface area contributed by atoms with E-state index in [0.29, 0.717) is 19.0 Å². The quantitative estimate of drug-likeness (QED) is 0.390. The molecule has 1 saturated heterocycles. The van der Waals surface area contributed by atoms with E-state index in [1.807, 2.05) is 0 Å². The maximum absolute atomic E-state index is 11.6. The monoisotopic (exact) mass is 338 g/mol. The average molecular weight is 338 g/mol. The Bertz CT molecular complexity index is 441. The van der Waals surface area contributed by atoms with Gasteiger partial charge in [-0.25, -0.2) is 0 Å². The summed E-state index contributed by atoms with van der Waals surface area (Å²) in [6.45, 7) is 9.76. The second-order valence-corrected chi connectivity index (χ2v) is 8.00. The molecule has 0 bridgehead atoms. The van der Waals surface area contributed by atoms with Gasteiger partial charge >= 0.3 is 0 Å². The SMILES string of the molecule is CN=C(NCCNC(=O)C1CC1)NCC1CCCOC1C(C)(C)C. The van der Waals surface area contributed by atoms with Crippen molar-refractivity contribution >= 4 is 11.9 Å². The Morgan fingerprint density at radius 2 is 1.83 bits per heavy atom. The molecule has 0 aromatic heterocycles. The zero-order valence-corrected chi connectivity index (χ0v) is 15.7. The highest BCUT2D eigenvalue weighted by Crippen LogP contribution is 2.33. The van der Waals surface area contributed by atoms with Crippen molar-refractivity contribution < 1.29 is 9.53 Å². The number of nitrogens with zero attached hydrogens (tertiary/aromatic N) is 1. The number of hydrogen-bond acceptors (Lipinski definition) is 3. The molecule has 6 heteroatoms. The molecule has 3 N–H and O–H groups in total. The molecule has 6 nitrogen and oxygen atoms in total. The summed E-state index contributed by atoms with van der Waals surface area (Å²) in [5, 5.41) is 9.62. The number of hydrogen-bond donors (Lipinski definition) is 3. The van der Waals surface area contributed by atoms with Gasteiger partial charge in [0.2, 0.25) is 5.91 Å². The molecular formula is C18H34N4O2. The van der Waals surface area contributed by atoms with Crippen molar-refractivity contribution in [3.05, 3.63) is 0 Å². The summed E-state index contributed by atoms with van der Waals surface area (Å²) in [4.78, 5) is 15.8. The number of guanidine groups is 1. The average Bonchev–Trinajstić information content (AvgIpc) is 3.38. The fraction of sp³-hybridized carbons (Fsp3) is 0.889. The molecule has 0 aromatic rings. The molecule has 1 amide bonds. The van der Waals surface area contributed by atoms with Gasteiger partial charge in [-0.15, -0.1) is 0 Å². The Kier molecular flexibility index (Phi) is 6.90. The zero-order valence-electron chi connectivity index (χ0n) is 15.7. The Balaban J connectivity index is 1.68. The van der Waals surface area contributed by atoms with Crippen molar-refractivity contribution in [3.8, 4) is 0 Å². The predicted octanol–water partition coefficient (Wildman–Crippen LogP) is 1.52. The predicted molar refractivity (Wildman–Crippen MR) is 97.0 cm³/mol. The summed E-state index contributed by atoms with van der Waals surface area (Å²) in [7, 11) is 1.77. The third-order valence-corrected chi connectivity index (χ3v) is 4.72. The van der Waals surface area contributed by atoms with Gasteiger partial charge in [0.25, 0.3) is 0 Å². The van der Waals surface area contributed by atoms with E-state index in [2.05, 4.69) is 41.7 Å². The molecule has 138 valence electrons. The summed E-state index contributed by atoms with van der Waals surface area (Å²) >= 11 is 0. The Morgan fingerprint density at radius 1 is 1.12 bits per heavy atom. The topological polar surface area (TPSA) is 74.8 Å². The standard InChI is InChI=1S/C18H34N4O2/c1-18(2,3)15-14(6-5-11-24-15)12-22-17(19-4)21-10-9-20-16(23)13-7-8-13/h13-15H,5-12H2,1-4H3,(H,20,23)(H2,19,21,22). The fourth-order valence-electron chi connectivity index (χ4n) is 3.31. The van der Waals surface area contributed by atoms with Crippen molar-refractivity contribution in [3.63, 3.8) is 0 Å². The molecule has 2 rings (SSSR count). The highest BCUT2D eigenvalue weighted by atomic mass is 16.5. The first-order valence-corrected chi connectivity index (χ1v) is 9.25. The van der Waals surface area contributed by atoms with Crippen molar-refractivity contribution in [1.29, 1.82) is 0 Å². The van der Waals surface area contributed by atoms with Crippen LogP contribution in [0.15, 0.2) is 4.99 Å². The number of carbonyl (C=O) groups is 1. The normalized spacial score (nSPS) is 25.2. The number of carbonyl (C=O) groups excluding carboxylic acids is 1. The fourth-order valence-corrected chi connectivity index (χ4v) is 3.31. The summed E-state index contributed by atoms with van der Waals surface area (Å²) in [5.74, 6) is 1.73. The molecule has 0 spiro atoms. The lowest BCUT2D eigenvalue weighted by atomic mass is 9.78. The van der Waals surface area contributed by atoms with Gasteiger partial charge in [0, 0.05) is 45.1 Å². The Labute approximate surface area is 146 Å². The summed E-state index contributed by atoms with van der Waals surface area (Å²) < 4.78 is 6.03. The van der Waals surface area contributed by atoms with Gasteiger partial charge in [0.15, 0.2) is 5.96 Å². The third-order valence-electron chi connectivity index (χ3n) is 4.72. The van der Waals surface area contributed by atoms with Crippen LogP contribution >= 0.6 is 0 Å². The largest absolute Gasteiger partial charge is 0.377 e. The second-order valence-electron chi connectivity index (χ2n) is 8.00. The molecule has 1 saturated carbocycles. The van der Waals surface area contributed by atoms with E-state index in [9.17, 15) is 4.79 Å². The molecule has 2 atom stereocenters. The number of aliphatic imine (C=N–C) groups is 1. The number of ether oxygens (including phenoxy) is 1. The first-order valence-electron chi connectivity index (χ1n) is 9.25. The number of amides is 1. The molecule has 1 aliphatic heterocycles. The minimum Gasteiger partial charge on any atom is -0.377 e. The van der Waals surface area contributed by atoms with Crippen LogP contribution < -0.4 is 16.0 Å². The van der Waals surface area contributed by atoms with Gasteiger partial charge < -0.3 is 20.7 Å². The summed E-state index contributed by atoms with van der Waals surface area (Å²) in [6.07, 6.45) is 4.67. The first-order chi connectivity index (χ1) is 11.4. The molecule has 0 radical (unpaired) electrons. The van der Waals surface area contributed by atoms with Crippen molar-refractivity contribution in [2.24, 2.45) is 22.2 Å². The molecular weight excluding hydrogens is 304 g/mol. The van der Waals surface area contributed by atoms with Crippen molar-refractivity contribution in [2.45, 2.75) is 52.6 Å². The van der Waals surface area contributed by atoms with Gasteiger partial charge in [0.1, 0.15) is 0 Å². The molecule has 24 heavy (non-hydrogen) atoms. The maximum Gasteiger partial charge on any atom is 0.223 e. The van der Waals surface area contributed by atoms with E-state index >= 15 is 0 Å². The zero-order chi connectivity index (χ0) is 17.6. The lowest BCUT2D eigenvalue weighted by Gasteiger charge is -2.40. The van der Waals surface area contributed by atoms with Gasteiger partial charge in [-0.2, -0.15) is 0 Å². The van der Waals surface area contributed by atoms with E-state index in [-0.39, 0.29) is 23.3 Å². The molecule has 2 aliphatic rings. The first kappa shape index (κ1) is 19.0. The minimum atomic E-state index is 0.150. The van der Waals surface area contributed by atoms with Gasteiger partial charge in [-0.3, -0.25) is 9.79 Å². The van der Waals surface area contributed by atoms with Crippen LogP contribution in [0.5, 0.6) is 0 Å². The highest BCUT2D eigenvalue weighted by molar-refractivity contribution is 5.81. The Morgan fingerprint density at radius 3 is 2.46 bits per heavy atom. The van der Waals surface area contributed by atoms with Crippen LogP contribution in [0.25, 0.3) is 0 Å². The van der Waals surface area contributed by atoms with Crippen molar-refractivity contribution in [2.75, 3.05) is 33.3 Å². The van der Waals surface area contributed by atoms with Crippen LogP contribution in [0.1, 0.15) is 46.5 Å². The molecule has 2 unspecified atom stereocenters. The third kappa shape index (κ3) is 5.96. The highest BCUT2D eigenvalue weighted by Gasteiger charge is 2.35. The molecule has 1 heterocycles. The van der Waals surface area contributed by atoms with Gasteiger partial charge in [0.05, 0.1) is 6.10 Å². The van der Waals surface area contributed by atoms with Crippen LogP contribution in [-0.4, -0.2) is 51.3 Å². The van der Waals surface area contributed by atoms with Gasteiger partial charge in [-0.05, 0) is 31.1 Å². The molecule has 2 fully saturated rings. The number of nitrogens with one attached hydrogen (secondary N) is 3. The van der Waals surface area contributed by atoms with Gasteiger partial charge in [-0.1, -0.05) is 20.8 Å². The molecule has 0 aromatic carbocycles. The van der Waals surface area contributed by atoms with Crippen LogP contribution in [0.3, 0.4) is 0 Å². The van der Waals surface area contributed by atoms with E-state index in [1.54, 1.807) is 7.05 Å². The lowest BCUT2D eigenvalue weighted by molar-refractivity contribution is -0.122. The van der Waals surface area contributed by atoms with Crippen LogP contribution in [0.2, 0.25) is 0 Å². The van der Waals surface area contributed by atoms with E-state index < -0.39 is 0 Å². The number of rotatable bonds is 6. The van der Waals surface area contributed by atoms with Crippen LogP contribution in [0.4, 0.5) is 0 Å². The maximum atomic E-state index is 11.6. The van der Waals surface area contributed by atoms with E-state index in [4.69, 9.17) is 4.74 Å². The van der Waals surface area contributed by atoms with Crippen molar-refractivity contribution in [1.82, 2.24) is 16.0 Å². The summed E-state index contributed by atoms with van der Waals surface area (Å²) in [5.41, 5.74) is 0.150. The van der Waals surface area contributed by atoms with Crippen LogP contribution in [0, 0.1) is 17.3 Å². The van der Waals surface area contributed by atoms with E-state index in [1.165, 1.54) is 6.42 Å². The minimum absolute atomic E-state index is 0.150. The second kappa shape index (κ2) is 8.70. The Hall–Kier alpha value is -1.30. The van der Waals surface area contributed by atoms with E-state index in [0.717, 1.165) is 38.4 Å². The molecule has 1 aliphatic carbocycles. The summed E-state index contributed by atoms with van der Waals surface area (Å²) in [6, 6.07) is 0. The van der Waals surface area contributed by atoms with Crippen LogP contribution in [-0.2, 0) is 9.53 Å². The smallest absolute Gasteiger partial charge is 0.223 e.